The van der Waals surface area contributed by atoms with E-state index < -0.39 is 53.5 Å². The van der Waals surface area contributed by atoms with Crippen molar-refractivity contribution >= 4 is 46.4 Å². The maximum atomic E-state index is 14.7. The minimum absolute atomic E-state index is 0.0383. The predicted molar refractivity (Wildman–Crippen MR) is 254 cm³/mol. The zero-order chi connectivity index (χ0) is 46.9. The molecule has 0 spiro atoms. The van der Waals surface area contributed by atoms with E-state index >= 15 is 0 Å². The second-order valence-corrected chi connectivity index (χ2v) is 17.0. The van der Waals surface area contributed by atoms with Crippen LogP contribution in [-0.2, 0) is 43.2 Å². The van der Waals surface area contributed by atoms with Gasteiger partial charge in [-0.2, -0.15) is 0 Å². The van der Waals surface area contributed by atoms with Crippen LogP contribution in [0.3, 0.4) is 0 Å². The highest BCUT2D eigenvalue weighted by atomic mass is 16.3. The molecule has 348 valence electrons. The van der Waals surface area contributed by atoms with E-state index in [2.05, 4.69) is 48.7 Å². The van der Waals surface area contributed by atoms with Crippen LogP contribution in [0.5, 0.6) is 0 Å². The Kier molecular flexibility index (Phi) is 17.4. The number of benzene rings is 4. The Morgan fingerprint density at radius 2 is 1.33 bits per heavy atom. The minimum atomic E-state index is -1.38. The number of aliphatic hydroxyl groups excluding tert-OH is 1. The van der Waals surface area contributed by atoms with Gasteiger partial charge >= 0.3 is 0 Å². The lowest BCUT2D eigenvalue weighted by molar-refractivity contribution is -0.133. The summed E-state index contributed by atoms with van der Waals surface area (Å²) in [5, 5.41) is 28.1. The van der Waals surface area contributed by atoms with Crippen molar-refractivity contribution in [1.82, 2.24) is 31.6 Å². The summed E-state index contributed by atoms with van der Waals surface area (Å²) in [6, 6.07) is 32.9. The fourth-order valence-corrected chi connectivity index (χ4v) is 8.67. The third-order valence-corrected chi connectivity index (χ3v) is 12.2. The molecule has 16 heteroatoms. The van der Waals surface area contributed by atoms with E-state index in [-0.39, 0.29) is 69.4 Å². The summed E-state index contributed by atoms with van der Waals surface area (Å²) in [7, 11) is 0. The summed E-state index contributed by atoms with van der Waals surface area (Å²) in [6.45, 7) is 0.122. The monoisotopic (exact) mass is 898 g/mol. The molecule has 13 N–H and O–H groups in total. The largest absolute Gasteiger partial charge is 0.376 e. The number of aliphatic imine (C=N–C) groups is 1. The molecule has 5 aromatic rings. The molecular weight excluding hydrogens is 837 g/mol. The first-order chi connectivity index (χ1) is 31.9. The van der Waals surface area contributed by atoms with Crippen LogP contribution in [0.4, 0.5) is 0 Å². The molecule has 6 rings (SSSR count). The Bertz CT molecular complexity index is 2400. The molecule has 0 aliphatic heterocycles. The summed E-state index contributed by atoms with van der Waals surface area (Å²) in [6.07, 6.45) is 3.17. The number of aromatic nitrogens is 1. The Morgan fingerprint density at radius 3 is 2.00 bits per heavy atom. The quantitative estimate of drug-likeness (QED) is 0.0200. The molecule has 1 unspecified atom stereocenters. The zero-order valence-corrected chi connectivity index (χ0v) is 37.1. The zero-order valence-electron chi connectivity index (χ0n) is 37.1. The second-order valence-electron chi connectivity index (χ2n) is 17.0. The first-order valence-electron chi connectivity index (χ1n) is 22.5. The molecule has 5 amide bonds. The maximum absolute atomic E-state index is 14.7. The van der Waals surface area contributed by atoms with Gasteiger partial charge in [0.1, 0.15) is 18.3 Å². The topological polar surface area (TPSA) is 272 Å². The highest BCUT2D eigenvalue weighted by Crippen LogP contribution is 2.39. The molecule has 66 heavy (non-hydrogen) atoms. The number of nitrogens with zero attached hydrogens (tertiary/aromatic N) is 1. The number of nitrogens with two attached hydrogens (primary N) is 3. The van der Waals surface area contributed by atoms with Gasteiger partial charge in [0.15, 0.2) is 5.96 Å². The lowest BCUT2D eigenvalue weighted by Gasteiger charge is -2.45. The fraction of sp³-hybridized carbons (Fsp3) is 0.360. The lowest BCUT2D eigenvalue weighted by atomic mass is 9.73. The lowest BCUT2D eigenvalue weighted by Crippen LogP contribution is -2.66. The van der Waals surface area contributed by atoms with Crippen molar-refractivity contribution < 1.29 is 29.1 Å². The van der Waals surface area contributed by atoms with E-state index in [1.807, 2.05) is 103 Å². The third-order valence-electron chi connectivity index (χ3n) is 12.2. The predicted octanol–water partition coefficient (Wildman–Crippen LogP) is 2.70. The number of primary amides is 1. The Hall–Kier alpha value is -7.04. The fourth-order valence-electron chi connectivity index (χ4n) is 8.67. The molecule has 1 aliphatic rings. The Balaban J connectivity index is 1.26. The molecular formula is C50H62N10O6. The van der Waals surface area contributed by atoms with Crippen LogP contribution < -0.4 is 43.8 Å². The standard InChI is InChI=1S/C50H62N10O6/c51-43(61)24-28-54-45(63)42(31-37-32-56-39-20-11-10-19-38(37)39)58-46(64)40(21-12-27-55-49(52)53)57-47(65)41(29-33-13-4-1-5-14-33)59-48(66)50(60-44(62)30-34-15-6-2-7-16-34)25-22-36(23-26-50)35-17-8-3-9-18-35/h1-11,13-20,32,36,40-42,48,56,59,66H,12,21-31H2,(H2,51,61)(H,54,63)(H,57,65)(H,58,64)(H,60,62)(H4,52,53,55)/t36?,40-,41+,42-,48?,50?/m0/s1. The van der Waals surface area contributed by atoms with Gasteiger partial charge in [-0.25, -0.2) is 0 Å². The number of rotatable bonds is 23. The molecule has 1 saturated carbocycles. The second kappa shape index (κ2) is 23.8. The smallest absolute Gasteiger partial charge is 0.243 e. The highest BCUT2D eigenvalue weighted by molar-refractivity contribution is 5.94. The van der Waals surface area contributed by atoms with Crippen LogP contribution in [-0.4, -0.2) is 88.6 Å². The summed E-state index contributed by atoms with van der Waals surface area (Å²) in [5.41, 5.74) is 19.8. The third kappa shape index (κ3) is 14.0. The number of amides is 5. The molecule has 4 aromatic carbocycles. The van der Waals surface area contributed by atoms with E-state index in [0.29, 0.717) is 25.7 Å². The van der Waals surface area contributed by atoms with Crippen LogP contribution in [0.1, 0.15) is 73.1 Å². The molecule has 16 nitrogen and oxygen atoms in total. The normalized spacial score (nSPS) is 17.6. The first kappa shape index (κ1) is 48.4. The van der Waals surface area contributed by atoms with E-state index in [0.717, 1.165) is 27.6 Å². The van der Waals surface area contributed by atoms with Gasteiger partial charge in [0.25, 0.3) is 0 Å². The van der Waals surface area contributed by atoms with Gasteiger partial charge in [-0.15, -0.1) is 0 Å². The number of guanidine groups is 1. The number of aromatic amines is 1. The number of carbonyl (C=O) groups excluding carboxylic acids is 5. The summed E-state index contributed by atoms with van der Waals surface area (Å²) < 4.78 is 0. The molecule has 1 heterocycles. The van der Waals surface area contributed by atoms with Gasteiger partial charge in [-0.1, -0.05) is 109 Å². The van der Waals surface area contributed by atoms with Crippen LogP contribution in [0, 0.1) is 0 Å². The van der Waals surface area contributed by atoms with Crippen molar-refractivity contribution in [3.05, 3.63) is 144 Å². The van der Waals surface area contributed by atoms with Crippen LogP contribution >= 0.6 is 0 Å². The average Bonchev–Trinajstić information content (AvgIpc) is 3.72. The molecule has 0 bridgehead atoms. The van der Waals surface area contributed by atoms with Crippen LogP contribution in [0.15, 0.2) is 126 Å². The maximum Gasteiger partial charge on any atom is 0.243 e. The summed E-state index contributed by atoms with van der Waals surface area (Å²) >= 11 is 0. The summed E-state index contributed by atoms with van der Waals surface area (Å²) in [5.74, 6) is -2.57. The van der Waals surface area contributed by atoms with E-state index in [1.165, 1.54) is 5.56 Å². The van der Waals surface area contributed by atoms with Gasteiger partial charge in [0.2, 0.25) is 29.5 Å². The van der Waals surface area contributed by atoms with Crippen LogP contribution in [0.25, 0.3) is 10.9 Å². The van der Waals surface area contributed by atoms with Gasteiger partial charge < -0.3 is 48.6 Å². The SMILES string of the molecule is NC(=O)CCNC(=O)[C@H](Cc1c[nH]c2ccccc12)NC(=O)[C@H](CCCN=C(N)N)NC(=O)[C@@H](Cc1ccccc1)NC(O)C1(NC(=O)Cc2ccccc2)CCC(c2ccccc2)CC1. The van der Waals surface area contributed by atoms with Crippen LogP contribution in [0.2, 0.25) is 0 Å². The molecule has 0 radical (unpaired) electrons. The number of para-hydroxylation sites is 1. The highest BCUT2D eigenvalue weighted by Gasteiger charge is 2.44. The van der Waals surface area contributed by atoms with Gasteiger partial charge in [-0.3, -0.25) is 34.3 Å². The van der Waals surface area contributed by atoms with Crippen molar-refractivity contribution in [2.75, 3.05) is 13.1 Å². The number of fused-ring (bicyclic) bond motifs is 1. The van der Waals surface area contributed by atoms with Crippen molar-refractivity contribution in [2.45, 2.75) is 100 Å². The Morgan fingerprint density at radius 1 is 0.727 bits per heavy atom. The first-order valence-corrected chi connectivity index (χ1v) is 22.5. The van der Waals surface area contributed by atoms with Crippen molar-refractivity contribution in [1.29, 1.82) is 0 Å². The number of hydrogen-bond donors (Lipinski definition) is 10. The molecule has 1 aliphatic carbocycles. The number of nitrogens with one attached hydrogen (secondary N) is 6. The van der Waals surface area contributed by atoms with Crippen molar-refractivity contribution in [3.8, 4) is 0 Å². The number of carbonyl (C=O) groups is 5. The van der Waals surface area contributed by atoms with Gasteiger partial charge in [0.05, 0.1) is 18.0 Å². The average molecular weight is 899 g/mol. The van der Waals surface area contributed by atoms with Crippen molar-refractivity contribution in [3.63, 3.8) is 0 Å². The van der Waals surface area contributed by atoms with Crippen molar-refractivity contribution in [2.24, 2.45) is 22.2 Å². The number of hydrogen-bond acceptors (Lipinski definition) is 8. The minimum Gasteiger partial charge on any atom is -0.376 e. The van der Waals surface area contributed by atoms with E-state index in [4.69, 9.17) is 17.2 Å². The molecule has 4 atom stereocenters. The van der Waals surface area contributed by atoms with E-state index in [1.54, 1.807) is 6.20 Å². The molecule has 0 saturated heterocycles. The van der Waals surface area contributed by atoms with Gasteiger partial charge in [-0.05, 0) is 79.2 Å². The summed E-state index contributed by atoms with van der Waals surface area (Å²) in [4.78, 5) is 75.4. The molecule has 1 aromatic heterocycles. The van der Waals surface area contributed by atoms with E-state index in [9.17, 15) is 29.1 Å². The molecule has 1 fully saturated rings. The number of aliphatic hydroxyl groups is 1. The van der Waals surface area contributed by atoms with Gasteiger partial charge in [0, 0.05) is 43.0 Å². The number of H-pyrrole nitrogens is 1. The Labute approximate surface area is 385 Å².